The number of benzene rings is 1. The van der Waals surface area contributed by atoms with Crippen LogP contribution < -0.4 is 10.0 Å². The van der Waals surface area contributed by atoms with Crippen molar-refractivity contribution >= 4 is 21.7 Å². The third kappa shape index (κ3) is 3.05. The number of anilines is 1. The summed E-state index contributed by atoms with van der Waals surface area (Å²) in [5.74, 6) is 0. The number of urea groups is 1. The number of rotatable bonds is 3. The van der Waals surface area contributed by atoms with Crippen LogP contribution in [-0.2, 0) is 35.7 Å². The van der Waals surface area contributed by atoms with Crippen molar-refractivity contribution in [2.45, 2.75) is 50.5 Å². The normalized spacial score (nSPS) is 15.4. The highest BCUT2D eigenvalue weighted by molar-refractivity contribution is 7.90. The molecule has 0 spiro atoms. The Morgan fingerprint density at radius 2 is 1.65 bits per heavy atom. The van der Waals surface area contributed by atoms with Crippen LogP contribution in [0.3, 0.4) is 0 Å². The molecule has 0 saturated heterocycles. The van der Waals surface area contributed by atoms with Crippen LogP contribution in [0.4, 0.5) is 10.5 Å². The van der Waals surface area contributed by atoms with E-state index in [4.69, 9.17) is 0 Å². The van der Waals surface area contributed by atoms with Crippen LogP contribution in [-0.4, -0.2) is 24.4 Å². The minimum atomic E-state index is -4.06. The van der Waals surface area contributed by atoms with E-state index in [0.29, 0.717) is 5.69 Å². The zero-order chi connectivity index (χ0) is 18.3. The second-order valence-electron chi connectivity index (χ2n) is 6.79. The van der Waals surface area contributed by atoms with E-state index in [-0.39, 0.29) is 5.03 Å². The van der Waals surface area contributed by atoms with Gasteiger partial charge in [0.15, 0.2) is 5.03 Å². The summed E-state index contributed by atoms with van der Waals surface area (Å²) in [7, 11) is -4.06. The molecule has 2 aliphatic rings. The van der Waals surface area contributed by atoms with E-state index in [1.807, 2.05) is 4.72 Å². The quantitative estimate of drug-likeness (QED) is 0.861. The smallest absolute Gasteiger partial charge is 0.307 e. The topological polar surface area (TPSA) is 101 Å². The Hall–Kier alpha value is -2.48. The van der Waals surface area contributed by atoms with Crippen LogP contribution in [0.1, 0.15) is 40.8 Å². The molecule has 0 fully saturated rings. The Morgan fingerprint density at radius 1 is 1.00 bits per heavy atom. The maximum absolute atomic E-state index is 12.4. The number of nitrogens with one attached hydrogen (secondary N) is 2. The minimum absolute atomic E-state index is 0.276. The van der Waals surface area contributed by atoms with Crippen LogP contribution in [0.2, 0.25) is 0 Å². The van der Waals surface area contributed by atoms with Crippen molar-refractivity contribution in [1.82, 2.24) is 14.7 Å². The number of nitrogens with zero attached hydrogens (tertiary/aromatic N) is 2. The van der Waals surface area contributed by atoms with Gasteiger partial charge >= 0.3 is 6.03 Å². The third-order valence-electron chi connectivity index (χ3n) is 4.97. The first-order valence-corrected chi connectivity index (χ1v) is 10.2. The maximum atomic E-state index is 12.4. The van der Waals surface area contributed by atoms with Crippen LogP contribution in [0, 0.1) is 6.92 Å². The van der Waals surface area contributed by atoms with Crippen molar-refractivity contribution in [1.29, 1.82) is 0 Å². The predicted octanol–water partition coefficient (Wildman–Crippen LogP) is 2.27. The van der Waals surface area contributed by atoms with Crippen LogP contribution >= 0.6 is 0 Å². The summed E-state index contributed by atoms with van der Waals surface area (Å²) in [6.07, 6.45) is 8.46. The number of carbonyl (C=O) groups is 1. The lowest BCUT2D eigenvalue weighted by Gasteiger charge is -2.16. The van der Waals surface area contributed by atoms with E-state index >= 15 is 0 Å². The Morgan fingerprint density at radius 3 is 2.23 bits per heavy atom. The van der Waals surface area contributed by atoms with Crippen molar-refractivity contribution < 1.29 is 13.2 Å². The maximum Gasteiger partial charge on any atom is 0.333 e. The lowest BCUT2D eigenvalue weighted by Crippen LogP contribution is -2.35. The van der Waals surface area contributed by atoms with Crippen molar-refractivity contribution in [3.63, 3.8) is 0 Å². The molecule has 26 heavy (non-hydrogen) atoms. The fourth-order valence-electron chi connectivity index (χ4n) is 3.80. The molecule has 2 aromatic rings. The summed E-state index contributed by atoms with van der Waals surface area (Å²) < 4.78 is 26.7. The standard InChI is InChI=1S/C18H20N4O3S/c1-11-9-20-16(10-19-11)26(24,25)22-18(23)21-17-14-6-2-4-12(14)8-13-5-3-7-15(13)17/h8-10H,2-7H2,1H3,(H2,21,22,23). The summed E-state index contributed by atoms with van der Waals surface area (Å²) >= 11 is 0. The molecule has 0 saturated carbocycles. The molecule has 1 heterocycles. The van der Waals surface area contributed by atoms with E-state index in [0.717, 1.165) is 61.5 Å². The van der Waals surface area contributed by atoms with Gasteiger partial charge < -0.3 is 5.32 Å². The Bertz CT molecular complexity index is 952. The Labute approximate surface area is 152 Å². The summed E-state index contributed by atoms with van der Waals surface area (Å²) in [6.45, 7) is 1.71. The average molecular weight is 372 g/mol. The molecule has 0 radical (unpaired) electrons. The largest absolute Gasteiger partial charge is 0.333 e. The summed E-state index contributed by atoms with van der Waals surface area (Å²) in [5.41, 5.74) is 6.24. The van der Waals surface area contributed by atoms with Crippen LogP contribution in [0.15, 0.2) is 23.5 Å². The first-order valence-electron chi connectivity index (χ1n) is 8.73. The molecular formula is C18H20N4O3S. The van der Waals surface area contributed by atoms with E-state index in [9.17, 15) is 13.2 Å². The number of carbonyl (C=O) groups excluding carboxylic acids is 1. The van der Waals surface area contributed by atoms with Crippen molar-refractivity contribution in [2.24, 2.45) is 0 Å². The lowest BCUT2D eigenvalue weighted by molar-refractivity contribution is 0.256. The highest BCUT2D eigenvalue weighted by atomic mass is 32.2. The molecule has 0 unspecified atom stereocenters. The zero-order valence-corrected chi connectivity index (χ0v) is 15.3. The summed E-state index contributed by atoms with van der Waals surface area (Å²) in [4.78, 5) is 20.2. The Kier molecular flexibility index (Phi) is 4.14. The number of hydrogen-bond donors (Lipinski definition) is 2. The molecule has 7 nitrogen and oxygen atoms in total. The SMILES string of the molecule is Cc1cnc(S(=O)(=O)NC(=O)Nc2c3c(cc4c2CCC4)CCC3)cn1. The molecule has 0 aliphatic heterocycles. The number of aryl methyl sites for hydroxylation is 3. The Balaban J connectivity index is 1.59. The van der Waals surface area contributed by atoms with Gasteiger partial charge in [-0.1, -0.05) is 6.07 Å². The molecule has 1 aromatic carbocycles. The monoisotopic (exact) mass is 372 g/mol. The lowest BCUT2D eigenvalue weighted by atomic mass is 9.99. The van der Waals surface area contributed by atoms with Gasteiger partial charge in [0.2, 0.25) is 0 Å². The molecule has 0 bridgehead atoms. The number of aromatic nitrogens is 2. The van der Waals surface area contributed by atoms with E-state index in [1.165, 1.54) is 17.3 Å². The van der Waals surface area contributed by atoms with E-state index < -0.39 is 16.1 Å². The van der Waals surface area contributed by atoms with E-state index in [2.05, 4.69) is 21.4 Å². The van der Waals surface area contributed by atoms with Gasteiger partial charge in [-0.2, -0.15) is 8.42 Å². The fourth-order valence-corrected chi connectivity index (χ4v) is 4.58. The summed E-state index contributed by atoms with van der Waals surface area (Å²) in [6, 6.07) is 1.49. The van der Waals surface area contributed by atoms with Gasteiger partial charge in [-0.15, -0.1) is 0 Å². The van der Waals surface area contributed by atoms with Gasteiger partial charge in [-0.05, 0) is 67.7 Å². The number of amides is 2. The van der Waals surface area contributed by atoms with E-state index in [1.54, 1.807) is 6.92 Å². The highest BCUT2D eigenvalue weighted by Crippen LogP contribution is 2.38. The minimum Gasteiger partial charge on any atom is -0.307 e. The van der Waals surface area contributed by atoms with Crippen molar-refractivity contribution in [3.05, 3.63) is 46.4 Å². The molecule has 136 valence electrons. The second-order valence-corrected chi connectivity index (χ2v) is 8.42. The van der Waals surface area contributed by atoms with Crippen LogP contribution in [0.5, 0.6) is 0 Å². The van der Waals surface area contributed by atoms with Gasteiger partial charge in [-0.3, -0.25) is 4.98 Å². The highest BCUT2D eigenvalue weighted by Gasteiger charge is 2.26. The summed E-state index contributed by atoms with van der Waals surface area (Å²) in [5, 5.41) is 2.53. The van der Waals surface area contributed by atoms with Gasteiger partial charge in [0.1, 0.15) is 0 Å². The van der Waals surface area contributed by atoms with Gasteiger partial charge in [0, 0.05) is 11.9 Å². The van der Waals surface area contributed by atoms with Crippen molar-refractivity contribution in [3.8, 4) is 0 Å². The first-order chi connectivity index (χ1) is 12.4. The molecule has 2 N–H and O–H groups in total. The average Bonchev–Trinajstić information content (AvgIpc) is 3.23. The zero-order valence-electron chi connectivity index (χ0n) is 14.5. The predicted molar refractivity (Wildman–Crippen MR) is 96.6 cm³/mol. The fraction of sp³-hybridized carbons (Fsp3) is 0.389. The van der Waals surface area contributed by atoms with Gasteiger partial charge in [0.05, 0.1) is 11.9 Å². The molecule has 4 rings (SSSR count). The van der Waals surface area contributed by atoms with Gasteiger partial charge in [-0.25, -0.2) is 14.5 Å². The molecular weight excluding hydrogens is 352 g/mol. The number of sulfonamides is 1. The van der Waals surface area contributed by atoms with Crippen LogP contribution in [0.25, 0.3) is 0 Å². The molecule has 2 amide bonds. The first kappa shape index (κ1) is 17.0. The van der Waals surface area contributed by atoms with Crippen molar-refractivity contribution in [2.75, 3.05) is 5.32 Å². The second kappa shape index (κ2) is 6.35. The number of fused-ring (bicyclic) bond motifs is 2. The molecule has 8 heteroatoms. The third-order valence-corrected chi connectivity index (χ3v) is 6.19. The molecule has 1 aromatic heterocycles. The molecule has 2 aliphatic carbocycles. The van der Waals surface area contributed by atoms with Gasteiger partial charge in [0.25, 0.3) is 10.0 Å². The number of hydrogen-bond acceptors (Lipinski definition) is 5. The molecule has 0 atom stereocenters.